The maximum atomic E-state index is 5.49. The van der Waals surface area contributed by atoms with Gasteiger partial charge in [0.2, 0.25) is 0 Å². The highest BCUT2D eigenvalue weighted by Gasteiger charge is 2.12. The van der Waals surface area contributed by atoms with E-state index >= 15 is 0 Å². The Hall–Kier alpha value is -2.07. The average Bonchev–Trinajstić information content (AvgIpc) is 2.65. The minimum Gasteiger partial charge on any atom is -0.372 e. The van der Waals surface area contributed by atoms with Crippen molar-refractivity contribution < 1.29 is 0 Å². The van der Waals surface area contributed by atoms with Crippen molar-refractivity contribution in [2.45, 2.75) is 46.1 Å². The summed E-state index contributed by atoms with van der Waals surface area (Å²) in [5.41, 5.74) is 6.15. The lowest BCUT2D eigenvalue weighted by molar-refractivity contribution is 0.577. The van der Waals surface area contributed by atoms with Crippen LogP contribution in [0.2, 0.25) is 0 Å². The normalized spacial score (nSPS) is 15.4. The number of rotatable bonds is 4. The molecule has 1 aliphatic heterocycles. The molecule has 0 aromatic heterocycles. The Bertz CT molecular complexity index is 748. The molecular formula is C22H29N3S. The van der Waals surface area contributed by atoms with Gasteiger partial charge in [0.15, 0.2) is 5.11 Å². The average molecular weight is 368 g/mol. The molecule has 0 aliphatic carbocycles. The largest absolute Gasteiger partial charge is 0.372 e. The van der Waals surface area contributed by atoms with Crippen LogP contribution < -0.4 is 15.5 Å². The number of anilines is 2. The fourth-order valence-electron chi connectivity index (χ4n) is 3.39. The number of benzene rings is 2. The first-order valence-electron chi connectivity index (χ1n) is 9.52. The number of nitrogens with one attached hydrogen (secondary N) is 2. The van der Waals surface area contributed by atoms with Crippen molar-refractivity contribution in [2.24, 2.45) is 0 Å². The van der Waals surface area contributed by atoms with E-state index in [2.05, 4.69) is 78.8 Å². The third kappa shape index (κ3) is 4.76. The molecular weight excluding hydrogens is 338 g/mol. The van der Waals surface area contributed by atoms with Crippen molar-refractivity contribution in [3.63, 3.8) is 0 Å². The van der Waals surface area contributed by atoms with Crippen molar-refractivity contribution in [3.05, 3.63) is 59.2 Å². The molecule has 3 nitrogen and oxygen atoms in total. The lowest BCUT2D eigenvalue weighted by Gasteiger charge is -2.29. The first-order chi connectivity index (χ1) is 12.5. The summed E-state index contributed by atoms with van der Waals surface area (Å²) in [6.07, 6.45) is 3.97. The van der Waals surface area contributed by atoms with Crippen LogP contribution in [0.25, 0.3) is 0 Å². The van der Waals surface area contributed by atoms with Gasteiger partial charge in [-0.2, -0.15) is 0 Å². The van der Waals surface area contributed by atoms with Gasteiger partial charge in [-0.15, -0.1) is 0 Å². The number of thiocarbonyl (C=S) groups is 1. The smallest absolute Gasteiger partial charge is 0.171 e. The molecule has 2 aromatic carbocycles. The SMILES string of the molecule is Cc1ccc(NC(=S)NC(C)c2ccc(N3CCCCC3)cc2)cc1C. The fraction of sp³-hybridized carbons (Fsp3) is 0.409. The zero-order valence-corrected chi connectivity index (χ0v) is 16.8. The fourth-order valence-corrected chi connectivity index (χ4v) is 3.69. The van der Waals surface area contributed by atoms with E-state index in [1.54, 1.807) is 0 Å². The molecule has 1 saturated heterocycles. The van der Waals surface area contributed by atoms with E-state index in [1.807, 2.05) is 0 Å². The maximum Gasteiger partial charge on any atom is 0.171 e. The van der Waals surface area contributed by atoms with Gasteiger partial charge in [-0.25, -0.2) is 0 Å². The maximum absolute atomic E-state index is 5.49. The van der Waals surface area contributed by atoms with Crippen LogP contribution in [0.4, 0.5) is 11.4 Å². The first kappa shape index (κ1) is 18.7. The summed E-state index contributed by atoms with van der Waals surface area (Å²) >= 11 is 5.49. The summed E-state index contributed by atoms with van der Waals surface area (Å²) < 4.78 is 0. The van der Waals surface area contributed by atoms with Crippen molar-refractivity contribution in [1.82, 2.24) is 5.32 Å². The number of nitrogens with zero attached hydrogens (tertiary/aromatic N) is 1. The summed E-state index contributed by atoms with van der Waals surface area (Å²) in [5, 5.41) is 7.32. The summed E-state index contributed by atoms with van der Waals surface area (Å²) in [4.78, 5) is 2.48. The molecule has 4 heteroatoms. The number of piperidine rings is 1. The van der Waals surface area contributed by atoms with Gasteiger partial charge in [-0.05, 0) is 93.2 Å². The second-order valence-corrected chi connectivity index (χ2v) is 7.67. The van der Waals surface area contributed by atoms with Gasteiger partial charge < -0.3 is 15.5 Å². The van der Waals surface area contributed by atoms with E-state index in [-0.39, 0.29) is 6.04 Å². The third-order valence-corrected chi connectivity index (χ3v) is 5.45. The first-order valence-corrected chi connectivity index (χ1v) is 9.93. The van der Waals surface area contributed by atoms with Crippen molar-refractivity contribution >= 4 is 28.7 Å². The van der Waals surface area contributed by atoms with Crippen LogP contribution in [-0.4, -0.2) is 18.2 Å². The standard InChI is InChI=1S/C22H29N3S/c1-16-7-10-20(15-17(16)2)24-22(26)23-18(3)19-8-11-21(12-9-19)25-13-5-4-6-14-25/h7-12,15,18H,4-6,13-14H2,1-3H3,(H2,23,24,26). The highest BCUT2D eigenvalue weighted by Crippen LogP contribution is 2.22. The molecule has 26 heavy (non-hydrogen) atoms. The van der Waals surface area contributed by atoms with Gasteiger partial charge >= 0.3 is 0 Å². The second-order valence-electron chi connectivity index (χ2n) is 7.26. The molecule has 1 heterocycles. The van der Waals surface area contributed by atoms with E-state index < -0.39 is 0 Å². The quantitative estimate of drug-likeness (QED) is 0.713. The Morgan fingerprint density at radius 2 is 1.65 bits per heavy atom. The number of hydrogen-bond donors (Lipinski definition) is 2. The van der Waals surface area contributed by atoms with Crippen molar-refractivity contribution in [1.29, 1.82) is 0 Å². The minimum absolute atomic E-state index is 0.164. The van der Waals surface area contributed by atoms with Crippen molar-refractivity contribution in [2.75, 3.05) is 23.3 Å². The van der Waals surface area contributed by atoms with Crippen LogP contribution in [0.15, 0.2) is 42.5 Å². The molecule has 2 aromatic rings. The molecule has 138 valence electrons. The summed E-state index contributed by atoms with van der Waals surface area (Å²) in [6.45, 7) is 8.73. The number of aryl methyl sites for hydroxylation is 2. The Labute approximate surface area is 162 Å². The molecule has 2 N–H and O–H groups in total. The van der Waals surface area contributed by atoms with Gasteiger partial charge in [0, 0.05) is 24.5 Å². The van der Waals surface area contributed by atoms with Crippen LogP contribution in [0.3, 0.4) is 0 Å². The van der Waals surface area contributed by atoms with E-state index in [0.717, 1.165) is 5.69 Å². The topological polar surface area (TPSA) is 27.3 Å². The predicted molar refractivity (Wildman–Crippen MR) is 116 cm³/mol. The second kappa shape index (κ2) is 8.54. The van der Waals surface area contributed by atoms with E-state index in [9.17, 15) is 0 Å². The minimum atomic E-state index is 0.164. The molecule has 1 unspecified atom stereocenters. The molecule has 1 atom stereocenters. The summed E-state index contributed by atoms with van der Waals surface area (Å²) in [7, 11) is 0. The van der Waals surface area contributed by atoms with Gasteiger partial charge in [0.05, 0.1) is 6.04 Å². The van der Waals surface area contributed by atoms with Crippen LogP contribution in [0.5, 0.6) is 0 Å². The van der Waals surface area contributed by atoms with Gasteiger partial charge in [0.1, 0.15) is 0 Å². The number of hydrogen-bond acceptors (Lipinski definition) is 2. The molecule has 0 spiro atoms. The van der Waals surface area contributed by atoms with Crippen LogP contribution in [-0.2, 0) is 0 Å². The van der Waals surface area contributed by atoms with Gasteiger partial charge in [0.25, 0.3) is 0 Å². The lowest BCUT2D eigenvalue weighted by Crippen LogP contribution is -2.31. The van der Waals surface area contributed by atoms with E-state index in [4.69, 9.17) is 12.2 Å². The van der Waals surface area contributed by atoms with Crippen molar-refractivity contribution in [3.8, 4) is 0 Å². The predicted octanol–water partition coefficient (Wildman–Crippen LogP) is 5.34. The van der Waals surface area contributed by atoms with Crippen LogP contribution >= 0.6 is 12.2 Å². The zero-order chi connectivity index (χ0) is 18.5. The molecule has 0 saturated carbocycles. The molecule has 0 bridgehead atoms. The Morgan fingerprint density at radius 1 is 0.962 bits per heavy atom. The molecule has 0 amide bonds. The zero-order valence-electron chi connectivity index (χ0n) is 16.0. The summed E-state index contributed by atoms with van der Waals surface area (Å²) in [5.74, 6) is 0. The highest BCUT2D eigenvalue weighted by molar-refractivity contribution is 7.80. The highest BCUT2D eigenvalue weighted by atomic mass is 32.1. The molecule has 0 radical (unpaired) electrons. The Morgan fingerprint density at radius 3 is 2.31 bits per heavy atom. The van der Waals surface area contributed by atoms with Crippen LogP contribution in [0, 0.1) is 13.8 Å². The lowest BCUT2D eigenvalue weighted by atomic mass is 10.1. The Kier molecular flexibility index (Phi) is 6.15. The Balaban J connectivity index is 1.57. The molecule has 1 aliphatic rings. The van der Waals surface area contributed by atoms with E-state index in [1.165, 1.54) is 54.7 Å². The van der Waals surface area contributed by atoms with Gasteiger partial charge in [-0.1, -0.05) is 18.2 Å². The van der Waals surface area contributed by atoms with Gasteiger partial charge in [-0.3, -0.25) is 0 Å². The third-order valence-electron chi connectivity index (χ3n) is 5.23. The molecule has 1 fully saturated rings. The van der Waals surface area contributed by atoms with E-state index in [0.29, 0.717) is 5.11 Å². The van der Waals surface area contributed by atoms with Crippen LogP contribution in [0.1, 0.15) is 48.9 Å². The summed E-state index contributed by atoms with van der Waals surface area (Å²) in [6, 6.07) is 15.4. The molecule has 3 rings (SSSR count). The monoisotopic (exact) mass is 367 g/mol.